The number of hydrogen-bond donors (Lipinski definition) is 1. The van der Waals surface area contributed by atoms with E-state index in [4.69, 9.17) is 5.41 Å². The van der Waals surface area contributed by atoms with Gasteiger partial charge in [-0.3, -0.25) is 0 Å². The zero-order valence-electron chi connectivity index (χ0n) is 8.70. The minimum atomic E-state index is -0.00639. The largest absolute Gasteiger partial charge is 0.369 e. The summed E-state index contributed by atoms with van der Waals surface area (Å²) in [5.41, 5.74) is 2.35. The zero-order chi connectivity index (χ0) is 10.6. The smallest absolute Gasteiger partial charge is 0.0881 e. The van der Waals surface area contributed by atoms with Crippen LogP contribution in [0.4, 0.5) is 0 Å². The molecule has 0 spiro atoms. The molecule has 2 nitrogen and oxygen atoms in total. The van der Waals surface area contributed by atoms with Gasteiger partial charge in [0.15, 0.2) is 0 Å². The maximum Gasteiger partial charge on any atom is 0.0881 e. The van der Waals surface area contributed by atoms with Crippen molar-refractivity contribution in [1.29, 1.82) is 5.41 Å². The van der Waals surface area contributed by atoms with Gasteiger partial charge in [0.2, 0.25) is 0 Å². The normalized spacial score (nSPS) is 11.9. The van der Waals surface area contributed by atoms with Crippen LogP contribution in [-0.4, -0.2) is 18.2 Å². The molecule has 1 unspecified atom stereocenters. The molecule has 1 aromatic carbocycles. The summed E-state index contributed by atoms with van der Waals surface area (Å²) < 4.78 is 0. The predicted molar refractivity (Wildman–Crippen MR) is 60.7 cm³/mol. The summed E-state index contributed by atoms with van der Waals surface area (Å²) in [6.07, 6.45) is 3.15. The summed E-state index contributed by atoms with van der Waals surface area (Å²) in [6.45, 7) is 5.75. The Kier molecular flexibility index (Phi) is 3.46. The van der Waals surface area contributed by atoms with Crippen molar-refractivity contribution in [2.24, 2.45) is 0 Å². The minimum Gasteiger partial charge on any atom is -0.369 e. The molecule has 1 aromatic rings. The second kappa shape index (κ2) is 4.61. The lowest BCUT2D eigenvalue weighted by Crippen LogP contribution is -2.19. The van der Waals surface area contributed by atoms with Gasteiger partial charge in [-0.1, -0.05) is 36.4 Å². The molecule has 0 saturated heterocycles. The van der Waals surface area contributed by atoms with Gasteiger partial charge in [-0.2, -0.15) is 0 Å². The summed E-state index contributed by atoms with van der Waals surface area (Å²) in [5, 5.41) is 7.37. The molecule has 0 radical (unpaired) electrons. The molecule has 1 N–H and O–H groups in total. The van der Waals surface area contributed by atoms with Crippen LogP contribution in [0, 0.1) is 12.3 Å². The van der Waals surface area contributed by atoms with E-state index in [0.717, 1.165) is 5.56 Å². The van der Waals surface area contributed by atoms with E-state index in [1.165, 1.54) is 11.8 Å². The van der Waals surface area contributed by atoms with Crippen molar-refractivity contribution >= 4 is 6.21 Å². The Bertz CT molecular complexity index is 314. The van der Waals surface area contributed by atoms with Crippen LogP contribution in [0.25, 0.3) is 0 Å². The Morgan fingerprint density at radius 1 is 1.36 bits per heavy atom. The van der Waals surface area contributed by atoms with Gasteiger partial charge in [0.05, 0.1) is 6.04 Å². The van der Waals surface area contributed by atoms with Gasteiger partial charge in [0.1, 0.15) is 0 Å². The highest BCUT2D eigenvalue weighted by Crippen LogP contribution is 2.17. The number of hydrogen-bond acceptors (Lipinski definition) is 2. The number of nitrogens with one attached hydrogen (secondary N) is 1. The van der Waals surface area contributed by atoms with E-state index in [9.17, 15) is 0 Å². The molecule has 0 aromatic heterocycles. The fourth-order valence-corrected chi connectivity index (χ4v) is 1.33. The van der Waals surface area contributed by atoms with Gasteiger partial charge in [-0.05, 0) is 18.7 Å². The first-order chi connectivity index (χ1) is 6.69. The second-order valence-electron chi connectivity index (χ2n) is 3.37. The molecule has 1 atom stereocenters. The van der Waals surface area contributed by atoms with Gasteiger partial charge in [0.25, 0.3) is 0 Å². The topological polar surface area (TPSA) is 27.1 Å². The molecule has 2 heteroatoms. The molecule has 14 heavy (non-hydrogen) atoms. The van der Waals surface area contributed by atoms with E-state index >= 15 is 0 Å². The van der Waals surface area contributed by atoms with Crippen LogP contribution in [0.2, 0.25) is 0 Å². The summed E-state index contributed by atoms with van der Waals surface area (Å²) in [6, 6.07) is 8.20. The monoisotopic (exact) mass is 188 g/mol. The summed E-state index contributed by atoms with van der Waals surface area (Å²) in [5.74, 6) is 0. The van der Waals surface area contributed by atoms with E-state index in [0.29, 0.717) is 0 Å². The van der Waals surface area contributed by atoms with E-state index in [1.807, 2.05) is 24.1 Å². The molecule has 1 rings (SSSR count). The van der Waals surface area contributed by atoms with Crippen LogP contribution < -0.4 is 0 Å². The Morgan fingerprint density at radius 2 is 1.93 bits per heavy atom. The molecular weight excluding hydrogens is 172 g/mol. The van der Waals surface area contributed by atoms with Gasteiger partial charge in [0, 0.05) is 13.3 Å². The van der Waals surface area contributed by atoms with Crippen molar-refractivity contribution in [3.63, 3.8) is 0 Å². The first-order valence-electron chi connectivity index (χ1n) is 4.60. The van der Waals surface area contributed by atoms with E-state index in [2.05, 4.69) is 25.6 Å². The molecule has 74 valence electrons. The quantitative estimate of drug-likeness (QED) is 0.723. The molecule has 0 aliphatic rings. The first-order valence-corrected chi connectivity index (χ1v) is 4.60. The Morgan fingerprint density at radius 3 is 2.36 bits per heavy atom. The standard InChI is InChI=1S/C12H16N2/c1-4-14(3)12(9-13)11-7-5-10(2)6-8-11/h4-9,12-13H,1H2,2-3H3. The molecule has 0 fully saturated rings. The van der Waals surface area contributed by atoms with E-state index in [1.54, 1.807) is 6.20 Å². The third-order valence-electron chi connectivity index (χ3n) is 2.30. The number of benzene rings is 1. The lowest BCUT2D eigenvalue weighted by atomic mass is 10.1. The fourth-order valence-electron chi connectivity index (χ4n) is 1.33. The van der Waals surface area contributed by atoms with Crippen molar-refractivity contribution in [2.45, 2.75) is 13.0 Å². The summed E-state index contributed by atoms with van der Waals surface area (Å²) in [4.78, 5) is 1.91. The predicted octanol–water partition coefficient (Wildman–Crippen LogP) is 2.76. The first kappa shape index (κ1) is 10.5. The molecule has 0 aliphatic carbocycles. The SMILES string of the molecule is C=CN(C)C(C=N)c1ccc(C)cc1. The molecule has 0 saturated carbocycles. The van der Waals surface area contributed by atoms with Crippen molar-refractivity contribution in [3.05, 3.63) is 48.2 Å². The minimum absolute atomic E-state index is 0.00639. The van der Waals surface area contributed by atoms with Gasteiger partial charge in [-0.15, -0.1) is 0 Å². The Hall–Kier alpha value is -1.57. The van der Waals surface area contributed by atoms with Crippen molar-refractivity contribution in [2.75, 3.05) is 7.05 Å². The van der Waals surface area contributed by atoms with Crippen LogP contribution in [0.3, 0.4) is 0 Å². The number of aryl methyl sites for hydroxylation is 1. The van der Waals surface area contributed by atoms with Crippen molar-refractivity contribution in [3.8, 4) is 0 Å². The summed E-state index contributed by atoms with van der Waals surface area (Å²) >= 11 is 0. The lowest BCUT2D eigenvalue weighted by molar-refractivity contribution is 0.420. The van der Waals surface area contributed by atoms with Gasteiger partial charge < -0.3 is 10.3 Å². The summed E-state index contributed by atoms with van der Waals surface area (Å²) in [7, 11) is 1.92. The van der Waals surface area contributed by atoms with Crippen LogP contribution in [0.1, 0.15) is 17.2 Å². The third kappa shape index (κ3) is 2.22. The highest BCUT2D eigenvalue weighted by Gasteiger charge is 2.10. The zero-order valence-corrected chi connectivity index (χ0v) is 8.70. The van der Waals surface area contributed by atoms with Gasteiger partial charge >= 0.3 is 0 Å². The van der Waals surface area contributed by atoms with Crippen LogP contribution in [0.5, 0.6) is 0 Å². The maximum atomic E-state index is 7.37. The lowest BCUT2D eigenvalue weighted by Gasteiger charge is -2.22. The van der Waals surface area contributed by atoms with Crippen LogP contribution in [0.15, 0.2) is 37.0 Å². The van der Waals surface area contributed by atoms with E-state index < -0.39 is 0 Å². The third-order valence-corrected chi connectivity index (χ3v) is 2.30. The molecule has 0 heterocycles. The fraction of sp³-hybridized carbons (Fsp3) is 0.250. The Balaban J connectivity index is 2.94. The van der Waals surface area contributed by atoms with Crippen LogP contribution in [-0.2, 0) is 0 Å². The maximum absolute atomic E-state index is 7.37. The Labute approximate surface area is 85.4 Å². The highest BCUT2D eigenvalue weighted by molar-refractivity contribution is 5.64. The van der Waals surface area contributed by atoms with Gasteiger partial charge in [-0.25, -0.2) is 0 Å². The van der Waals surface area contributed by atoms with Crippen LogP contribution >= 0.6 is 0 Å². The van der Waals surface area contributed by atoms with E-state index in [-0.39, 0.29) is 6.04 Å². The second-order valence-corrected chi connectivity index (χ2v) is 3.37. The number of nitrogens with zero attached hydrogens (tertiary/aromatic N) is 1. The van der Waals surface area contributed by atoms with Crippen molar-refractivity contribution < 1.29 is 0 Å². The highest BCUT2D eigenvalue weighted by atomic mass is 15.1. The average Bonchev–Trinajstić information content (AvgIpc) is 2.21. The molecular formula is C12H16N2. The molecule has 0 amide bonds. The number of rotatable bonds is 4. The van der Waals surface area contributed by atoms with Crippen molar-refractivity contribution in [1.82, 2.24) is 4.90 Å². The average molecular weight is 188 g/mol. The molecule has 0 bridgehead atoms. The molecule has 0 aliphatic heterocycles.